The fourth-order valence-electron chi connectivity index (χ4n) is 3.22. The van der Waals surface area contributed by atoms with E-state index in [0.717, 1.165) is 26.1 Å². The van der Waals surface area contributed by atoms with Crippen LogP contribution in [-0.4, -0.2) is 46.9 Å². The third-order valence-electron chi connectivity index (χ3n) is 4.55. The molecular formula is C19H24N2O2. The Balaban J connectivity index is 1.72. The van der Waals surface area contributed by atoms with Crippen molar-refractivity contribution in [2.75, 3.05) is 26.3 Å². The Morgan fingerprint density at radius 2 is 2.00 bits per heavy atom. The molecule has 1 aromatic carbocycles. The highest BCUT2D eigenvalue weighted by atomic mass is 16.5. The van der Waals surface area contributed by atoms with Crippen LogP contribution in [0.4, 0.5) is 0 Å². The number of rotatable bonds is 5. The van der Waals surface area contributed by atoms with Crippen LogP contribution in [0.3, 0.4) is 0 Å². The quantitative estimate of drug-likeness (QED) is 0.919. The van der Waals surface area contributed by atoms with Gasteiger partial charge in [0.15, 0.2) is 0 Å². The second kappa shape index (κ2) is 7.21. The first-order valence-electron chi connectivity index (χ1n) is 8.11. The highest BCUT2D eigenvalue weighted by molar-refractivity contribution is 5.27. The summed E-state index contributed by atoms with van der Waals surface area (Å²) in [6.07, 6.45) is 4.38. The van der Waals surface area contributed by atoms with Crippen LogP contribution in [-0.2, 0) is 17.7 Å². The van der Waals surface area contributed by atoms with E-state index in [9.17, 15) is 5.11 Å². The SMILES string of the molecule is Cc1ccccc1C[C@]1(CO)CN(Cc2ccncc2)CCO1. The van der Waals surface area contributed by atoms with Crippen LogP contribution in [0.15, 0.2) is 48.8 Å². The summed E-state index contributed by atoms with van der Waals surface area (Å²) in [7, 11) is 0. The monoisotopic (exact) mass is 312 g/mol. The van der Waals surface area contributed by atoms with E-state index < -0.39 is 5.60 Å². The normalized spacial score (nSPS) is 22.2. The largest absolute Gasteiger partial charge is 0.393 e. The zero-order valence-electron chi connectivity index (χ0n) is 13.6. The zero-order chi connectivity index (χ0) is 16.1. The number of aromatic nitrogens is 1. The van der Waals surface area contributed by atoms with Gasteiger partial charge in [-0.1, -0.05) is 24.3 Å². The van der Waals surface area contributed by atoms with E-state index in [-0.39, 0.29) is 6.61 Å². The molecule has 2 aromatic rings. The van der Waals surface area contributed by atoms with Gasteiger partial charge in [0.05, 0.1) is 13.2 Å². The molecule has 0 saturated carbocycles. The number of aryl methyl sites for hydroxylation is 1. The van der Waals surface area contributed by atoms with Gasteiger partial charge in [-0.2, -0.15) is 0 Å². The number of nitrogens with zero attached hydrogens (tertiary/aromatic N) is 2. The van der Waals surface area contributed by atoms with Crippen LogP contribution in [0.1, 0.15) is 16.7 Å². The Hall–Kier alpha value is -1.75. The summed E-state index contributed by atoms with van der Waals surface area (Å²) in [5.41, 5.74) is 3.21. The molecule has 0 amide bonds. The molecule has 0 unspecified atom stereocenters. The van der Waals surface area contributed by atoms with Crippen molar-refractivity contribution < 1.29 is 9.84 Å². The Kier molecular flexibility index (Phi) is 5.06. The van der Waals surface area contributed by atoms with E-state index in [1.165, 1.54) is 16.7 Å². The van der Waals surface area contributed by atoms with E-state index in [1.54, 1.807) is 0 Å². The Bertz CT molecular complexity index is 632. The molecule has 23 heavy (non-hydrogen) atoms. The number of aliphatic hydroxyl groups excluding tert-OH is 1. The summed E-state index contributed by atoms with van der Waals surface area (Å²) in [5.74, 6) is 0. The van der Waals surface area contributed by atoms with Crippen molar-refractivity contribution >= 4 is 0 Å². The lowest BCUT2D eigenvalue weighted by atomic mass is 9.91. The molecule has 1 N–H and O–H groups in total. The topological polar surface area (TPSA) is 45.6 Å². The number of aliphatic hydroxyl groups is 1. The summed E-state index contributed by atoms with van der Waals surface area (Å²) >= 11 is 0. The fraction of sp³-hybridized carbons (Fsp3) is 0.421. The van der Waals surface area contributed by atoms with Gasteiger partial charge < -0.3 is 9.84 Å². The maximum absolute atomic E-state index is 10.0. The van der Waals surface area contributed by atoms with Crippen molar-refractivity contribution in [3.05, 3.63) is 65.5 Å². The van der Waals surface area contributed by atoms with Gasteiger partial charge in [0.1, 0.15) is 5.60 Å². The average Bonchev–Trinajstić information content (AvgIpc) is 2.58. The summed E-state index contributed by atoms with van der Waals surface area (Å²) < 4.78 is 6.04. The summed E-state index contributed by atoms with van der Waals surface area (Å²) in [6, 6.07) is 12.4. The van der Waals surface area contributed by atoms with Crippen molar-refractivity contribution in [2.24, 2.45) is 0 Å². The molecule has 1 fully saturated rings. The van der Waals surface area contributed by atoms with Crippen LogP contribution in [0.25, 0.3) is 0 Å². The van der Waals surface area contributed by atoms with E-state index in [0.29, 0.717) is 6.61 Å². The second-order valence-corrected chi connectivity index (χ2v) is 6.36. The molecule has 1 aromatic heterocycles. The lowest BCUT2D eigenvalue weighted by molar-refractivity contribution is -0.134. The fourth-order valence-corrected chi connectivity index (χ4v) is 3.22. The molecular weight excluding hydrogens is 288 g/mol. The van der Waals surface area contributed by atoms with Crippen LogP contribution >= 0.6 is 0 Å². The molecule has 1 saturated heterocycles. The molecule has 0 radical (unpaired) electrons. The van der Waals surface area contributed by atoms with Gasteiger partial charge in [-0.15, -0.1) is 0 Å². The number of benzene rings is 1. The first kappa shape index (κ1) is 16.1. The minimum Gasteiger partial charge on any atom is -0.393 e. The van der Waals surface area contributed by atoms with E-state index in [4.69, 9.17) is 4.74 Å². The van der Waals surface area contributed by atoms with Crippen molar-refractivity contribution in [1.82, 2.24) is 9.88 Å². The third kappa shape index (κ3) is 3.96. The molecule has 2 heterocycles. The molecule has 1 aliphatic rings. The predicted octanol–water partition coefficient (Wildman–Crippen LogP) is 2.20. The summed E-state index contributed by atoms with van der Waals surface area (Å²) in [6.45, 7) is 5.28. The zero-order valence-corrected chi connectivity index (χ0v) is 13.6. The van der Waals surface area contributed by atoms with Crippen LogP contribution in [0, 0.1) is 6.92 Å². The second-order valence-electron chi connectivity index (χ2n) is 6.36. The number of morpholine rings is 1. The average molecular weight is 312 g/mol. The molecule has 1 aliphatic heterocycles. The minimum absolute atomic E-state index is 0.0359. The Morgan fingerprint density at radius 3 is 2.74 bits per heavy atom. The minimum atomic E-state index is -0.516. The van der Waals surface area contributed by atoms with Gasteiger partial charge in [-0.05, 0) is 35.7 Å². The van der Waals surface area contributed by atoms with Crippen molar-refractivity contribution in [1.29, 1.82) is 0 Å². The lowest BCUT2D eigenvalue weighted by Gasteiger charge is -2.42. The molecule has 4 nitrogen and oxygen atoms in total. The van der Waals surface area contributed by atoms with Gasteiger partial charge in [-0.25, -0.2) is 0 Å². The lowest BCUT2D eigenvalue weighted by Crippen LogP contribution is -2.55. The van der Waals surface area contributed by atoms with Crippen molar-refractivity contribution in [2.45, 2.75) is 25.5 Å². The van der Waals surface area contributed by atoms with E-state index >= 15 is 0 Å². The molecule has 1 atom stereocenters. The molecule has 3 rings (SSSR count). The highest BCUT2D eigenvalue weighted by Gasteiger charge is 2.36. The van der Waals surface area contributed by atoms with Gasteiger partial charge >= 0.3 is 0 Å². The maximum Gasteiger partial charge on any atom is 0.108 e. The van der Waals surface area contributed by atoms with Gasteiger partial charge in [0.2, 0.25) is 0 Å². The Labute approximate surface area is 137 Å². The summed E-state index contributed by atoms with van der Waals surface area (Å²) in [5, 5.41) is 10.0. The molecule has 122 valence electrons. The first-order chi connectivity index (χ1) is 11.2. The summed E-state index contributed by atoms with van der Waals surface area (Å²) in [4.78, 5) is 6.42. The van der Waals surface area contributed by atoms with Crippen molar-refractivity contribution in [3.63, 3.8) is 0 Å². The molecule has 0 aliphatic carbocycles. The van der Waals surface area contributed by atoms with Gasteiger partial charge in [0.25, 0.3) is 0 Å². The molecule has 4 heteroatoms. The number of ether oxygens (including phenoxy) is 1. The molecule has 0 bridgehead atoms. The standard InChI is InChI=1S/C19H24N2O2/c1-16-4-2-3-5-18(16)12-19(15-22)14-21(10-11-23-19)13-17-6-8-20-9-7-17/h2-9,22H,10-15H2,1H3/t19-/m1/s1. The third-order valence-corrected chi connectivity index (χ3v) is 4.55. The van der Waals surface area contributed by atoms with Gasteiger partial charge in [-0.3, -0.25) is 9.88 Å². The highest BCUT2D eigenvalue weighted by Crippen LogP contribution is 2.25. The Morgan fingerprint density at radius 1 is 1.22 bits per heavy atom. The number of pyridine rings is 1. The van der Waals surface area contributed by atoms with Crippen LogP contribution < -0.4 is 0 Å². The first-order valence-corrected chi connectivity index (χ1v) is 8.11. The smallest absolute Gasteiger partial charge is 0.108 e. The number of hydrogen-bond acceptors (Lipinski definition) is 4. The van der Waals surface area contributed by atoms with E-state index in [2.05, 4.69) is 28.9 Å². The number of hydrogen-bond donors (Lipinski definition) is 1. The van der Waals surface area contributed by atoms with Crippen LogP contribution in [0.2, 0.25) is 0 Å². The molecule has 0 spiro atoms. The van der Waals surface area contributed by atoms with Crippen molar-refractivity contribution in [3.8, 4) is 0 Å². The predicted molar refractivity (Wildman–Crippen MR) is 90.2 cm³/mol. The van der Waals surface area contributed by atoms with Gasteiger partial charge in [0, 0.05) is 38.4 Å². The van der Waals surface area contributed by atoms with Crippen LogP contribution in [0.5, 0.6) is 0 Å². The maximum atomic E-state index is 10.0. The van der Waals surface area contributed by atoms with E-state index in [1.807, 2.05) is 36.7 Å².